The van der Waals surface area contributed by atoms with Crippen LogP contribution in [0.3, 0.4) is 0 Å². The van der Waals surface area contributed by atoms with Crippen LogP contribution in [-0.2, 0) is 4.79 Å². The van der Waals surface area contributed by atoms with Crippen molar-refractivity contribution in [1.82, 2.24) is 5.32 Å². The van der Waals surface area contributed by atoms with Crippen LogP contribution in [0.4, 0.5) is 11.4 Å². The van der Waals surface area contributed by atoms with Gasteiger partial charge in [-0.15, -0.1) is 0 Å². The molecular weight excluding hydrogens is 296 g/mol. The highest BCUT2D eigenvalue weighted by atomic mass is 16.1. The minimum absolute atomic E-state index is 0.196. The summed E-state index contributed by atoms with van der Waals surface area (Å²) in [6, 6.07) is 23.0. The molecule has 0 aromatic heterocycles. The quantitative estimate of drug-likeness (QED) is 0.678. The Balaban J connectivity index is 1.76. The van der Waals surface area contributed by atoms with Gasteiger partial charge in [-0.25, -0.2) is 0 Å². The minimum Gasteiger partial charge on any atom is -0.342 e. The SMILES string of the molecule is O=C(C#CN(c1ccccc1)c1ccccc1)NC1CCCCC1. The van der Waals surface area contributed by atoms with Gasteiger partial charge in [0.2, 0.25) is 0 Å². The van der Waals surface area contributed by atoms with Gasteiger partial charge in [-0.1, -0.05) is 55.7 Å². The van der Waals surface area contributed by atoms with Crippen LogP contribution in [-0.4, -0.2) is 11.9 Å². The largest absolute Gasteiger partial charge is 0.342 e. The Morgan fingerprint density at radius 1 is 0.875 bits per heavy atom. The number of nitrogens with one attached hydrogen (secondary N) is 1. The third-order valence-corrected chi connectivity index (χ3v) is 4.25. The Morgan fingerprint density at radius 2 is 1.42 bits per heavy atom. The molecule has 2 aromatic rings. The molecule has 2 aromatic carbocycles. The van der Waals surface area contributed by atoms with Crippen molar-refractivity contribution in [2.75, 3.05) is 4.90 Å². The van der Waals surface area contributed by atoms with Crippen LogP contribution in [0.15, 0.2) is 60.7 Å². The summed E-state index contributed by atoms with van der Waals surface area (Å²) in [4.78, 5) is 14.0. The van der Waals surface area contributed by atoms with Gasteiger partial charge in [0, 0.05) is 18.0 Å². The fourth-order valence-corrected chi connectivity index (χ4v) is 3.01. The molecule has 0 heterocycles. The zero-order chi connectivity index (χ0) is 16.6. The lowest BCUT2D eigenvalue weighted by Gasteiger charge is -2.21. The Bertz CT molecular complexity index is 670. The zero-order valence-electron chi connectivity index (χ0n) is 13.7. The van der Waals surface area contributed by atoms with Gasteiger partial charge in [0.15, 0.2) is 0 Å². The molecule has 1 amide bonds. The molecule has 1 fully saturated rings. The van der Waals surface area contributed by atoms with Gasteiger partial charge in [-0.05, 0) is 37.1 Å². The average molecular weight is 318 g/mol. The fourth-order valence-electron chi connectivity index (χ4n) is 3.01. The van der Waals surface area contributed by atoms with Crippen LogP contribution in [0.5, 0.6) is 0 Å². The van der Waals surface area contributed by atoms with Crippen molar-refractivity contribution in [2.45, 2.75) is 38.1 Å². The molecule has 1 saturated carbocycles. The van der Waals surface area contributed by atoms with Crippen LogP contribution >= 0.6 is 0 Å². The first-order chi connectivity index (χ1) is 11.8. The Morgan fingerprint density at radius 3 is 1.96 bits per heavy atom. The molecule has 24 heavy (non-hydrogen) atoms. The van der Waals surface area contributed by atoms with Crippen molar-refractivity contribution in [3.63, 3.8) is 0 Å². The van der Waals surface area contributed by atoms with Gasteiger partial charge in [0.1, 0.15) is 0 Å². The van der Waals surface area contributed by atoms with Crippen molar-refractivity contribution in [1.29, 1.82) is 0 Å². The molecule has 0 bridgehead atoms. The maximum absolute atomic E-state index is 12.2. The molecule has 3 nitrogen and oxygen atoms in total. The highest BCUT2D eigenvalue weighted by Gasteiger charge is 2.14. The van der Waals surface area contributed by atoms with E-state index in [0.717, 1.165) is 24.2 Å². The monoisotopic (exact) mass is 318 g/mol. The first-order valence-electron chi connectivity index (χ1n) is 8.55. The second kappa shape index (κ2) is 8.21. The molecule has 0 saturated heterocycles. The van der Waals surface area contributed by atoms with Crippen molar-refractivity contribution < 1.29 is 4.79 Å². The number of benzene rings is 2. The topological polar surface area (TPSA) is 32.3 Å². The van der Waals surface area contributed by atoms with Gasteiger partial charge in [0.25, 0.3) is 5.91 Å². The zero-order valence-corrected chi connectivity index (χ0v) is 13.7. The van der Waals surface area contributed by atoms with Crippen molar-refractivity contribution in [3.05, 3.63) is 60.7 Å². The number of nitrogens with zero attached hydrogens (tertiary/aromatic N) is 1. The van der Waals surface area contributed by atoms with E-state index >= 15 is 0 Å². The normalized spacial score (nSPS) is 14.3. The molecule has 0 aliphatic heterocycles. The first kappa shape index (κ1) is 16.1. The Labute approximate surface area is 143 Å². The van der Waals surface area contributed by atoms with Crippen LogP contribution in [0.25, 0.3) is 0 Å². The number of hydrogen-bond donors (Lipinski definition) is 1. The minimum atomic E-state index is -0.196. The lowest BCUT2D eigenvalue weighted by atomic mass is 9.95. The average Bonchev–Trinajstić information content (AvgIpc) is 2.64. The Hall–Kier alpha value is -2.73. The number of anilines is 2. The molecule has 122 valence electrons. The highest BCUT2D eigenvalue weighted by Crippen LogP contribution is 2.23. The van der Waals surface area contributed by atoms with Crippen LogP contribution < -0.4 is 10.2 Å². The number of carbonyl (C=O) groups is 1. The number of amides is 1. The lowest BCUT2D eigenvalue weighted by Crippen LogP contribution is -2.35. The molecular formula is C21H22N2O. The van der Waals surface area contributed by atoms with E-state index in [9.17, 15) is 4.79 Å². The van der Waals surface area contributed by atoms with E-state index in [2.05, 4.69) is 17.3 Å². The molecule has 1 aliphatic rings. The molecule has 3 rings (SSSR count). The third kappa shape index (κ3) is 4.39. The van der Waals surface area contributed by atoms with Crippen LogP contribution in [0.1, 0.15) is 32.1 Å². The molecule has 1 aliphatic carbocycles. The standard InChI is InChI=1S/C21H22N2O/c24-21(22-18-10-4-1-5-11-18)16-17-23(19-12-6-2-7-13-19)20-14-8-3-9-15-20/h2-3,6-9,12-15,18H,1,4-5,10-11H2,(H,22,24). The van der Waals surface area contributed by atoms with Gasteiger partial charge >= 0.3 is 0 Å². The van der Waals surface area contributed by atoms with E-state index in [-0.39, 0.29) is 11.9 Å². The highest BCUT2D eigenvalue weighted by molar-refractivity contribution is 5.94. The predicted molar refractivity (Wildman–Crippen MR) is 97.8 cm³/mol. The molecule has 0 radical (unpaired) electrons. The second-order valence-electron chi connectivity index (χ2n) is 6.05. The van der Waals surface area contributed by atoms with E-state index in [4.69, 9.17) is 0 Å². The van der Waals surface area contributed by atoms with Crippen LogP contribution in [0, 0.1) is 12.0 Å². The summed E-state index contributed by atoms with van der Waals surface area (Å²) < 4.78 is 0. The van der Waals surface area contributed by atoms with Crippen molar-refractivity contribution in [3.8, 4) is 12.0 Å². The third-order valence-electron chi connectivity index (χ3n) is 4.25. The number of para-hydroxylation sites is 2. The fraction of sp³-hybridized carbons (Fsp3) is 0.286. The van der Waals surface area contributed by atoms with Gasteiger partial charge in [0.05, 0.1) is 11.4 Å². The second-order valence-corrected chi connectivity index (χ2v) is 6.05. The summed E-state index contributed by atoms with van der Waals surface area (Å²) in [7, 11) is 0. The smallest absolute Gasteiger partial charge is 0.297 e. The molecule has 0 spiro atoms. The number of rotatable bonds is 3. The maximum Gasteiger partial charge on any atom is 0.297 e. The van der Waals surface area contributed by atoms with E-state index in [0.29, 0.717) is 0 Å². The summed E-state index contributed by atoms with van der Waals surface area (Å²) >= 11 is 0. The van der Waals surface area contributed by atoms with E-state index < -0.39 is 0 Å². The molecule has 3 heteroatoms. The summed E-state index contributed by atoms with van der Waals surface area (Å²) in [5, 5.41) is 3.04. The summed E-state index contributed by atoms with van der Waals surface area (Å²) in [5.41, 5.74) is 1.89. The molecule has 1 N–H and O–H groups in total. The summed E-state index contributed by atoms with van der Waals surface area (Å²) in [6.45, 7) is 0. The first-order valence-corrected chi connectivity index (χ1v) is 8.55. The van der Waals surface area contributed by atoms with Crippen LogP contribution in [0.2, 0.25) is 0 Å². The number of carbonyl (C=O) groups excluding carboxylic acids is 1. The van der Waals surface area contributed by atoms with E-state index in [1.807, 2.05) is 65.6 Å². The predicted octanol–water partition coefficient (Wildman–Crippen LogP) is 4.23. The van der Waals surface area contributed by atoms with Gasteiger partial charge in [-0.3, -0.25) is 9.69 Å². The molecule has 0 atom stereocenters. The summed E-state index contributed by atoms with van der Waals surface area (Å²) in [5.74, 6) is 2.56. The van der Waals surface area contributed by atoms with Gasteiger partial charge < -0.3 is 5.32 Å². The Kier molecular flexibility index (Phi) is 5.52. The summed E-state index contributed by atoms with van der Waals surface area (Å²) in [6.07, 6.45) is 5.79. The molecule has 0 unspecified atom stereocenters. The van der Waals surface area contributed by atoms with Crippen molar-refractivity contribution >= 4 is 17.3 Å². The number of hydrogen-bond acceptors (Lipinski definition) is 2. The van der Waals surface area contributed by atoms with Crippen molar-refractivity contribution in [2.24, 2.45) is 0 Å². The lowest BCUT2D eigenvalue weighted by molar-refractivity contribution is -0.116. The van der Waals surface area contributed by atoms with E-state index in [1.54, 1.807) is 0 Å². The van der Waals surface area contributed by atoms with E-state index in [1.165, 1.54) is 19.3 Å². The maximum atomic E-state index is 12.2. The van der Waals surface area contributed by atoms with Gasteiger partial charge in [-0.2, -0.15) is 0 Å².